The SMILES string of the molecule is COC(=O)c1c(C)nc(-c2cccc([N+](=O)[O-])c2)n2nc3ccccc3c12. The van der Waals surface area contributed by atoms with Crippen LogP contribution in [-0.4, -0.2) is 32.6 Å². The van der Waals surface area contributed by atoms with Gasteiger partial charge in [-0.15, -0.1) is 0 Å². The van der Waals surface area contributed by atoms with Crippen LogP contribution in [0.25, 0.3) is 27.8 Å². The predicted molar refractivity (Wildman–Crippen MR) is 98.7 cm³/mol. The van der Waals surface area contributed by atoms with E-state index in [-0.39, 0.29) is 5.69 Å². The highest BCUT2D eigenvalue weighted by Gasteiger charge is 2.23. The van der Waals surface area contributed by atoms with Crippen molar-refractivity contribution in [3.05, 3.63) is 69.9 Å². The van der Waals surface area contributed by atoms with E-state index in [1.807, 2.05) is 24.3 Å². The van der Waals surface area contributed by atoms with Gasteiger partial charge in [0.1, 0.15) is 5.56 Å². The maximum absolute atomic E-state index is 12.4. The molecular weight excluding hydrogens is 348 g/mol. The van der Waals surface area contributed by atoms with Gasteiger partial charge in [-0.2, -0.15) is 5.10 Å². The highest BCUT2D eigenvalue weighted by atomic mass is 16.6. The summed E-state index contributed by atoms with van der Waals surface area (Å²) < 4.78 is 6.47. The van der Waals surface area contributed by atoms with Gasteiger partial charge in [0, 0.05) is 23.1 Å². The number of nitrogens with zero attached hydrogens (tertiary/aromatic N) is 4. The zero-order valence-electron chi connectivity index (χ0n) is 14.5. The summed E-state index contributed by atoms with van der Waals surface area (Å²) in [6.45, 7) is 1.70. The van der Waals surface area contributed by atoms with Crippen LogP contribution in [-0.2, 0) is 4.74 Å². The Kier molecular flexibility index (Phi) is 3.80. The summed E-state index contributed by atoms with van der Waals surface area (Å²) in [6.07, 6.45) is 0. The van der Waals surface area contributed by atoms with Gasteiger partial charge in [0.2, 0.25) is 0 Å². The number of nitro benzene ring substituents is 1. The van der Waals surface area contributed by atoms with Gasteiger partial charge in [-0.3, -0.25) is 10.1 Å². The summed E-state index contributed by atoms with van der Waals surface area (Å²) in [4.78, 5) is 27.6. The van der Waals surface area contributed by atoms with Crippen LogP contribution in [0.5, 0.6) is 0 Å². The molecule has 4 rings (SSSR count). The number of ether oxygens (including phenoxy) is 1. The van der Waals surface area contributed by atoms with Crippen LogP contribution >= 0.6 is 0 Å². The summed E-state index contributed by atoms with van der Waals surface area (Å²) in [7, 11) is 1.31. The van der Waals surface area contributed by atoms with Gasteiger partial charge in [0.05, 0.1) is 28.8 Å². The van der Waals surface area contributed by atoms with Gasteiger partial charge in [-0.05, 0) is 13.0 Å². The molecule has 8 heteroatoms. The number of fused-ring (bicyclic) bond motifs is 3. The van der Waals surface area contributed by atoms with Gasteiger partial charge >= 0.3 is 5.97 Å². The number of nitro groups is 1. The lowest BCUT2D eigenvalue weighted by molar-refractivity contribution is -0.384. The lowest BCUT2D eigenvalue weighted by Crippen LogP contribution is -2.11. The summed E-state index contributed by atoms with van der Waals surface area (Å²) >= 11 is 0. The highest BCUT2D eigenvalue weighted by Crippen LogP contribution is 2.30. The van der Waals surface area contributed by atoms with Crippen molar-refractivity contribution in [1.82, 2.24) is 14.6 Å². The van der Waals surface area contributed by atoms with Gasteiger partial charge in [-0.25, -0.2) is 14.3 Å². The highest BCUT2D eigenvalue weighted by molar-refractivity contribution is 6.08. The molecule has 0 bridgehead atoms. The third-order valence-electron chi connectivity index (χ3n) is 4.36. The number of methoxy groups -OCH3 is 1. The Bertz CT molecular complexity index is 1230. The van der Waals surface area contributed by atoms with E-state index in [4.69, 9.17) is 4.74 Å². The fourth-order valence-corrected chi connectivity index (χ4v) is 3.15. The summed E-state index contributed by atoms with van der Waals surface area (Å²) in [5.74, 6) is -0.101. The number of hydrogen-bond acceptors (Lipinski definition) is 6. The third kappa shape index (κ3) is 2.58. The fourth-order valence-electron chi connectivity index (χ4n) is 3.15. The summed E-state index contributed by atoms with van der Waals surface area (Å²) in [6, 6.07) is 13.6. The van der Waals surface area contributed by atoms with Crippen LogP contribution in [0.1, 0.15) is 16.1 Å². The number of rotatable bonds is 3. The number of non-ortho nitro benzene ring substituents is 1. The van der Waals surface area contributed by atoms with E-state index in [2.05, 4.69) is 10.1 Å². The first kappa shape index (κ1) is 16.6. The lowest BCUT2D eigenvalue weighted by atomic mass is 10.1. The van der Waals surface area contributed by atoms with Crippen molar-refractivity contribution in [2.75, 3.05) is 7.11 Å². The zero-order chi connectivity index (χ0) is 19.1. The van der Waals surface area contributed by atoms with E-state index >= 15 is 0 Å². The zero-order valence-corrected chi connectivity index (χ0v) is 14.5. The molecule has 8 nitrogen and oxygen atoms in total. The second-order valence-corrected chi connectivity index (χ2v) is 5.97. The van der Waals surface area contributed by atoms with Gasteiger partial charge in [0.25, 0.3) is 5.69 Å². The van der Waals surface area contributed by atoms with E-state index in [0.29, 0.717) is 33.7 Å². The molecule has 0 N–H and O–H groups in total. The molecule has 0 unspecified atom stereocenters. The largest absolute Gasteiger partial charge is 0.465 e. The smallest absolute Gasteiger partial charge is 0.341 e. The maximum Gasteiger partial charge on any atom is 0.341 e. The predicted octanol–water partition coefficient (Wildman–Crippen LogP) is 3.55. The monoisotopic (exact) mass is 362 g/mol. The maximum atomic E-state index is 12.4. The van der Waals surface area contributed by atoms with Crippen LogP contribution in [0.4, 0.5) is 5.69 Å². The van der Waals surface area contributed by atoms with Gasteiger partial charge in [0.15, 0.2) is 5.82 Å². The number of benzene rings is 2. The Labute approximate surface area is 153 Å². The average molecular weight is 362 g/mol. The van der Waals surface area contributed by atoms with Crippen molar-refractivity contribution in [3.63, 3.8) is 0 Å². The second kappa shape index (κ2) is 6.17. The minimum absolute atomic E-state index is 0.0474. The Morgan fingerprint density at radius 2 is 1.96 bits per heavy atom. The number of esters is 1. The Morgan fingerprint density at radius 1 is 1.19 bits per heavy atom. The number of aryl methyl sites for hydroxylation is 1. The number of hydrogen-bond donors (Lipinski definition) is 0. The molecule has 0 aliphatic carbocycles. The molecule has 0 aliphatic rings. The van der Waals surface area contributed by atoms with E-state index in [0.717, 1.165) is 5.39 Å². The van der Waals surface area contributed by atoms with Crippen molar-refractivity contribution >= 4 is 28.1 Å². The number of carbonyl (C=O) groups excluding carboxylic acids is 1. The molecule has 0 saturated carbocycles. The molecule has 0 spiro atoms. The van der Waals surface area contributed by atoms with Crippen molar-refractivity contribution < 1.29 is 14.5 Å². The quantitative estimate of drug-likeness (QED) is 0.314. The van der Waals surface area contributed by atoms with Crippen LogP contribution in [0.15, 0.2) is 48.5 Å². The van der Waals surface area contributed by atoms with Gasteiger partial charge < -0.3 is 4.74 Å². The first-order valence-corrected chi connectivity index (χ1v) is 8.12. The molecule has 4 aromatic rings. The molecule has 134 valence electrons. The molecule has 0 amide bonds. The van der Waals surface area contributed by atoms with Crippen LogP contribution < -0.4 is 0 Å². The minimum Gasteiger partial charge on any atom is -0.465 e. The van der Waals surface area contributed by atoms with E-state index in [9.17, 15) is 14.9 Å². The second-order valence-electron chi connectivity index (χ2n) is 5.97. The van der Waals surface area contributed by atoms with Crippen LogP contribution in [0.2, 0.25) is 0 Å². The van der Waals surface area contributed by atoms with Crippen molar-refractivity contribution in [2.24, 2.45) is 0 Å². The summed E-state index contributed by atoms with van der Waals surface area (Å²) in [5, 5.41) is 16.5. The molecule has 27 heavy (non-hydrogen) atoms. The van der Waals surface area contributed by atoms with Gasteiger partial charge in [-0.1, -0.05) is 30.3 Å². The molecule has 0 atom stereocenters. The molecule has 0 saturated heterocycles. The fraction of sp³-hybridized carbons (Fsp3) is 0.105. The molecule has 0 fully saturated rings. The van der Waals surface area contributed by atoms with E-state index in [1.54, 1.807) is 23.6 Å². The topological polar surface area (TPSA) is 99.6 Å². The molecule has 0 aliphatic heterocycles. The number of carbonyl (C=O) groups is 1. The Balaban J connectivity index is 2.13. The molecule has 0 radical (unpaired) electrons. The van der Waals surface area contributed by atoms with Crippen molar-refractivity contribution in [2.45, 2.75) is 6.92 Å². The molecule has 2 aromatic heterocycles. The molecule has 2 aromatic carbocycles. The van der Waals surface area contributed by atoms with E-state index < -0.39 is 10.9 Å². The number of aromatic nitrogens is 3. The first-order valence-electron chi connectivity index (χ1n) is 8.12. The standard InChI is InChI=1S/C19H14N4O4/c1-11-16(19(24)27-2)17-14-8-3-4-9-15(14)21-22(17)18(20-11)12-6-5-7-13(10-12)23(25)26/h3-10H,1-2H3. The Morgan fingerprint density at radius 3 is 2.70 bits per heavy atom. The van der Waals surface area contributed by atoms with E-state index in [1.165, 1.54) is 19.2 Å². The van der Waals surface area contributed by atoms with Crippen LogP contribution in [0.3, 0.4) is 0 Å². The first-order chi connectivity index (χ1) is 13.0. The minimum atomic E-state index is -0.513. The van der Waals surface area contributed by atoms with Crippen LogP contribution in [0, 0.1) is 17.0 Å². The molecular formula is C19H14N4O4. The van der Waals surface area contributed by atoms with Crippen molar-refractivity contribution in [1.29, 1.82) is 0 Å². The molecule has 2 heterocycles. The normalized spacial score (nSPS) is 11.0. The Hall–Kier alpha value is -3.81. The average Bonchev–Trinajstić information content (AvgIpc) is 3.06. The summed E-state index contributed by atoms with van der Waals surface area (Å²) in [5.41, 5.74) is 2.51. The van der Waals surface area contributed by atoms with Crippen molar-refractivity contribution in [3.8, 4) is 11.4 Å². The third-order valence-corrected chi connectivity index (χ3v) is 4.36. The lowest BCUT2D eigenvalue weighted by Gasteiger charge is -2.11.